The van der Waals surface area contributed by atoms with Crippen LogP contribution >= 0.6 is 0 Å². The van der Waals surface area contributed by atoms with Crippen molar-refractivity contribution in [2.75, 3.05) is 12.4 Å². The molecule has 2 aromatic rings. The molecule has 31 heavy (non-hydrogen) atoms. The number of nitriles is 1. The van der Waals surface area contributed by atoms with Crippen molar-refractivity contribution in [3.63, 3.8) is 0 Å². The maximum absolute atomic E-state index is 12.6. The molecule has 2 amide bonds. The summed E-state index contributed by atoms with van der Waals surface area (Å²) in [7, 11) is 1.47. The van der Waals surface area contributed by atoms with Crippen molar-refractivity contribution < 1.29 is 23.8 Å². The van der Waals surface area contributed by atoms with Crippen LogP contribution in [0.25, 0.3) is 0 Å². The molecule has 0 saturated heterocycles. The minimum absolute atomic E-state index is 0.288. The van der Waals surface area contributed by atoms with Gasteiger partial charge in [-0.1, -0.05) is 0 Å². The van der Waals surface area contributed by atoms with Crippen molar-refractivity contribution in [3.8, 4) is 23.4 Å². The third kappa shape index (κ3) is 6.89. The van der Waals surface area contributed by atoms with Gasteiger partial charge in [-0.2, -0.15) is 5.26 Å². The van der Waals surface area contributed by atoms with Crippen molar-refractivity contribution in [3.05, 3.63) is 42.1 Å². The number of benzene rings is 1. The fourth-order valence-electron chi connectivity index (χ4n) is 2.37. The molecule has 0 aliphatic rings. The van der Waals surface area contributed by atoms with Crippen LogP contribution in [0.3, 0.4) is 0 Å². The number of nitrogens with one attached hydrogen (secondary N) is 2. The number of rotatable bonds is 6. The van der Waals surface area contributed by atoms with Crippen LogP contribution in [0.15, 0.2) is 36.5 Å². The van der Waals surface area contributed by atoms with Gasteiger partial charge in [0, 0.05) is 12.1 Å². The topological polar surface area (TPSA) is 123 Å². The van der Waals surface area contributed by atoms with Crippen molar-refractivity contribution >= 4 is 17.7 Å². The number of hydrogen-bond acceptors (Lipinski definition) is 7. The summed E-state index contributed by atoms with van der Waals surface area (Å²) in [5, 5.41) is 14.3. The van der Waals surface area contributed by atoms with Crippen LogP contribution in [-0.2, 0) is 9.53 Å². The molecule has 0 aliphatic heterocycles. The van der Waals surface area contributed by atoms with Crippen molar-refractivity contribution in [2.24, 2.45) is 0 Å². The van der Waals surface area contributed by atoms with E-state index in [9.17, 15) is 9.59 Å². The van der Waals surface area contributed by atoms with E-state index in [4.69, 9.17) is 19.5 Å². The molecule has 1 aromatic heterocycles. The number of aromatic nitrogens is 1. The van der Waals surface area contributed by atoms with Crippen molar-refractivity contribution in [2.45, 2.75) is 45.8 Å². The van der Waals surface area contributed by atoms with Crippen molar-refractivity contribution in [1.29, 1.82) is 5.26 Å². The van der Waals surface area contributed by atoms with Gasteiger partial charge in [0.2, 0.25) is 11.8 Å². The van der Waals surface area contributed by atoms with Gasteiger partial charge in [0.25, 0.3) is 0 Å². The molecule has 9 nitrogen and oxygen atoms in total. The van der Waals surface area contributed by atoms with Crippen LogP contribution in [0.4, 0.5) is 10.5 Å². The fourth-order valence-corrected chi connectivity index (χ4v) is 2.37. The van der Waals surface area contributed by atoms with Crippen molar-refractivity contribution in [1.82, 2.24) is 10.3 Å². The molecule has 1 heterocycles. The molecule has 164 valence electrons. The summed E-state index contributed by atoms with van der Waals surface area (Å²) in [6.07, 6.45) is 0.741. The minimum atomic E-state index is -1.21. The van der Waals surface area contributed by atoms with Gasteiger partial charge in [-0.25, -0.2) is 9.78 Å². The van der Waals surface area contributed by atoms with Gasteiger partial charge in [-0.15, -0.1) is 0 Å². The summed E-state index contributed by atoms with van der Waals surface area (Å²) in [6, 6.07) is 10.0. The molecule has 0 unspecified atom stereocenters. The Morgan fingerprint density at radius 2 is 1.81 bits per heavy atom. The van der Waals surface area contributed by atoms with Crippen LogP contribution in [0, 0.1) is 11.3 Å². The minimum Gasteiger partial charge on any atom is -0.495 e. The molecule has 0 atom stereocenters. The molecule has 0 saturated carbocycles. The first kappa shape index (κ1) is 23.5. The molecule has 0 aliphatic carbocycles. The Kier molecular flexibility index (Phi) is 7.08. The second-order valence-electron chi connectivity index (χ2n) is 8.17. The summed E-state index contributed by atoms with van der Waals surface area (Å²) in [5.41, 5.74) is -1.07. The van der Waals surface area contributed by atoms with Crippen LogP contribution in [0.5, 0.6) is 17.4 Å². The first-order chi connectivity index (χ1) is 14.4. The predicted molar refractivity (Wildman–Crippen MR) is 114 cm³/mol. The van der Waals surface area contributed by atoms with Gasteiger partial charge in [-0.05, 0) is 52.8 Å². The summed E-state index contributed by atoms with van der Waals surface area (Å²) >= 11 is 0. The van der Waals surface area contributed by atoms with E-state index in [1.165, 1.54) is 13.3 Å². The lowest BCUT2D eigenvalue weighted by Crippen LogP contribution is -2.53. The zero-order valence-corrected chi connectivity index (χ0v) is 18.4. The second kappa shape index (κ2) is 9.34. The molecule has 0 bridgehead atoms. The summed E-state index contributed by atoms with van der Waals surface area (Å²) in [4.78, 5) is 28.7. The van der Waals surface area contributed by atoms with E-state index < -0.39 is 23.1 Å². The monoisotopic (exact) mass is 426 g/mol. The SMILES string of the molecule is COc1cc(Oc2ccc(NC(=O)C(C)(C)NC(=O)OC(C)(C)C)cn2)ccc1C#N. The Hall–Kier alpha value is -3.80. The Labute approximate surface area is 181 Å². The summed E-state index contributed by atoms with van der Waals surface area (Å²) in [6.45, 7) is 8.35. The maximum atomic E-state index is 12.6. The number of carbonyl (C=O) groups excluding carboxylic acids is 2. The predicted octanol–water partition coefficient (Wildman–Crippen LogP) is 4.00. The zero-order chi connectivity index (χ0) is 23.2. The lowest BCUT2D eigenvalue weighted by atomic mass is 10.0. The average molecular weight is 426 g/mol. The van der Waals surface area contributed by atoms with Crippen LogP contribution < -0.4 is 20.1 Å². The molecular formula is C22H26N4O5. The highest BCUT2D eigenvalue weighted by Gasteiger charge is 2.31. The molecule has 2 N–H and O–H groups in total. The number of pyridine rings is 1. The first-order valence-electron chi connectivity index (χ1n) is 9.48. The summed E-state index contributed by atoms with van der Waals surface area (Å²) in [5.74, 6) is 0.688. The summed E-state index contributed by atoms with van der Waals surface area (Å²) < 4.78 is 16.0. The van der Waals surface area contributed by atoms with Gasteiger partial charge in [0.1, 0.15) is 28.7 Å². The number of amides is 2. The highest BCUT2D eigenvalue weighted by atomic mass is 16.6. The molecular weight excluding hydrogens is 400 g/mol. The van der Waals surface area contributed by atoms with E-state index in [2.05, 4.69) is 15.6 Å². The average Bonchev–Trinajstić information content (AvgIpc) is 2.67. The number of hydrogen-bond donors (Lipinski definition) is 2. The molecule has 1 aromatic carbocycles. The quantitative estimate of drug-likeness (QED) is 0.716. The van der Waals surface area contributed by atoms with Gasteiger partial charge >= 0.3 is 6.09 Å². The second-order valence-corrected chi connectivity index (χ2v) is 8.17. The molecule has 0 fully saturated rings. The molecule has 9 heteroatoms. The van der Waals surface area contributed by atoms with E-state index in [-0.39, 0.29) is 5.88 Å². The maximum Gasteiger partial charge on any atom is 0.408 e. The van der Waals surface area contributed by atoms with E-state index in [0.717, 1.165) is 0 Å². The number of ether oxygens (including phenoxy) is 3. The Morgan fingerprint density at radius 1 is 1.10 bits per heavy atom. The number of alkyl carbamates (subject to hydrolysis) is 1. The van der Waals surface area contributed by atoms with Gasteiger partial charge in [-0.3, -0.25) is 4.79 Å². The highest BCUT2D eigenvalue weighted by Crippen LogP contribution is 2.27. The lowest BCUT2D eigenvalue weighted by Gasteiger charge is -2.27. The third-order valence-corrected chi connectivity index (χ3v) is 3.89. The Balaban J connectivity index is 2.01. The zero-order valence-electron chi connectivity index (χ0n) is 18.4. The molecule has 0 spiro atoms. The number of anilines is 1. The first-order valence-corrected chi connectivity index (χ1v) is 9.48. The van der Waals surface area contributed by atoms with Crippen LogP contribution in [0.1, 0.15) is 40.2 Å². The van der Waals surface area contributed by atoms with Gasteiger partial charge in [0.05, 0.1) is 24.6 Å². The highest BCUT2D eigenvalue weighted by molar-refractivity contribution is 5.99. The molecule has 0 radical (unpaired) electrons. The van der Waals surface area contributed by atoms with Gasteiger partial charge in [0.15, 0.2) is 0 Å². The largest absolute Gasteiger partial charge is 0.495 e. The van der Waals surface area contributed by atoms with E-state index in [1.54, 1.807) is 65.0 Å². The van der Waals surface area contributed by atoms with Crippen LogP contribution in [0.2, 0.25) is 0 Å². The van der Waals surface area contributed by atoms with Gasteiger partial charge < -0.3 is 24.8 Å². The Bertz CT molecular complexity index is 988. The normalized spacial score (nSPS) is 11.1. The van der Waals surface area contributed by atoms with E-state index in [0.29, 0.717) is 22.7 Å². The standard InChI is InChI=1S/C22H26N4O5/c1-21(2,3)31-20(28)26-22(4,5)19(27)25-15-8-10-18(24-13-15)30-16-9-7-14(12-23)17(11-16)29-6/h7-11,13H,1-6H3,(H,25,27)(H,26,28). The number of nitrogens with zero attached hydrogens (tertiary/aromatic N) is 2. The smallest absolute Gasteiger partial charge is 0.408 e. The molecule has 2 rings (SSSR count). The third-order valence-electron chi connectivity index (χ3n) is 3.89. The number of carbonyl (C=O) groups is 2. The Morgan fingerprint density at radius 3 is 2.35 bits per heavy atom. The van der Waals surface area contributed by atoms with E-state index in [1.807, 2.05) is 6.07 Å². The van der Waals surface area contributed by atoms with E-state index >= 15 is 0 Å². The lowest BCUT2D eigenvalue weighted by molar-refractivity contribution is -0.121. The van der Waals surface area contributed by atoms with Crippen LogP contribution in [-0.4, -0.2) is 35.2 Å². The number of methoxy groups -OCH3 is 1. The fraction of sp³-hybridized carbons (Fsp3) is 0.364.